The maximum absolute atomic E-state index is 13.8. The molecule has 1 saturated carbocycles. The van der Waals surface area contributed by atoms with E-state index in [0.29, 0.717) is 5.57 Å². The summed E-state index contributed by atoms with van der Waals surface area (Å²) in [4.78, 5) is 56.9. The Morgan fingerprint density at radius 1 is 0.619 bits per heavy atom. The minimum Gasteiger partial charge on any atom is -0.406 e. The third kappa shape index (κ3) is 4.06. The Morgan fingerprint density at radius 2 is 0.976 bits per heavy atom. The van der Waals surface area contributed by atoms with Gasteiger partial charge in [0.25, 0.3) is 0 Å². The lowest BCUT2D eigenvalue weighted by Gasteiger charge is -2.53. The predicted molar refractivity (Wildman–Crippen MR) is 131 cm³/mol. The van der Waals surface area contributed by atoms with Gasteiger partial charge >= 0.3 is 12.7 Å². The molecule has 4 amide bonds. The molecule has 2 saturated heterocycles. The average Bonchev–Trinajstić information content (AvgIpc) is 3.30. The van der Waals surface area contributed by atoms with E-state index >= 15 is 0 Å². The van der Waals surface area contributed by atoms with Crippen LogP contribution in [0.5, 0.6) is 11.5 Å². The van der Waals surface area contributed by atoms with Crippen molar-refractivity contribution in [2.24, 2.45) is 35.0 Å². The Kier molecular flexibility index (Phi) is 5.84. The third-order valence-electron chi connectivity index (χ3n) is 8.54. The molecule has 0 spiro atoms. The van der Waals surface area contributed by atoms with Crippen molar-refractivity contribution in [2.75, 3.05) is 9.80 Å². The van der Waals surface area contributed by atoms with Crippen LogP contribution in [0.25, 0.3) is 0 Å². The topological polar surface area (TPSA) is 93.2 Å². The van der Waals surface area contributed by atoms with E-state index in [4.69, 9.17) is 0 Å². The van der Waals surface area contributed by atoms with Crippen LogP contribution in [0.1, 0.15) is 13.8 Å². The number of benzene rings is 2. The highest BCUT2D eigenvalue weighted by Gasteiger charge is 2.74. The molecule has 0 radical (unpaired) electrons. The van der Waals surface area contributed by atoms with Crippen molar-refractivity contribution in [1.82, 2.24) is 0 Å². The first-order valence-corrected chi connectivity index (χ1v) is 12.7. The van der Waals surface area contributed by atoms with Crippen molar-refractivity contribution in [2.45, 2.75) is 26.6 Å². The number of imide groups is 2. The zero-order valence-corrected chi connectivity index (χ0v) is 21.7. The van der Waals surface area contributed by atoms with Crippen molar-refractivity contribution in [1.29, 1.82) is 0 Å². The van der Waals surface area contributed by atoms with Gasteiger partial charge in [0, 0.05) is 11.3 Å². The number of anilines is 2. The van der Waals surface area contributed by atoms with Crippen LogP contribution in [0.3, 0.4) is 0 Å². The van der Waals surface area contributed by atoms with Gasteiger partial charge in [-0.25, -0.2) is 0 Å². The molecule has 6 atom stereocenters. The lowest BCUT2D eigenvalue weighted by molar-refractivity contribution is -0.275. The van der Waals surface area contributed by atoms with Crippen molar-refractivity contribution in [3.63, 3.8) is 0 Å². The highest BCUT2D eigenvalue weighted by atomic mass is 19.4. The van der Waals surface area contributed by atoms with Gasteiger partial charge in [-0.05, 0) is 55.5 Å². The van der Waals surface area contributed by atoms with Crippen LogP contribution in [-0.4, -0.2) is 36.4 Å². The molecule has 2 unspecified atom stereocenters. The van der Waals surface area contributed by atoms with Crippen molar-refractivity contribution >= 4 is 35.0 Å². The van der Waals surface area contributed by atoms with E-state index in [-0.39, 0.29) is 11.4 Å². The average molecular weight is 594 g/mol. The van der Waals surface area contributed by atoms with E-state index in [1.54, 1.807) is 19.9 Å². The van der Waals surface area contributed by atoms with E-state index in [2.05, 4.69) is 9.47 Å². The van der Waals surface area contributed by atoms with Gasteiger partial charge in [0.05, 0.1) is 35.0 Å². The van der Waals surface area contributed by atoms with Gasteiger partial charge in [-0.3, -0.25) is 29.0 Å². The normalized spacial score (nSPS) is 30.5. The second kappa shape index (κ2) is 8.82. The Bertz CT molecular complexity index is 1440. The molecule has 7 rings (SSSR count). The lowest BCUT2D eigenvalue weighted by atomic mass is 9.46. The molecule has 2 aromatic carbocycles. The largest absolute Gasteiger partial charge is 0.573 e. The van der Waals surface area contributed by atoms with E-state index in [1.807, 2.05) is 0 Å². The van der Waals surface area contributed by atoms with Gasteiger partial charge in [0.1, 0.15) is 11.5 Å². The summed E-state index contributed by atoms with van der Waals surface area (Å²) in [6.07, 6.45) is -8.14. The number of halogens is 6. The molecular weight excluding hydrogens is 574 g/mol. The number of allylic oxidation sites excluding steroid dienone is 2. The van der Waals surface area contributed by atoms with Gasteiger partial charge in [-0.1, -0.05) is 18.6 Å². The number of hydrogen-bond donors (Lipinski definition) is 0. The molecule has 2 bridgehead atoms. The first-order chi connectivity index (χ1) is 19.5. The molecular formula is C28H20F6N2O6. The number of nitrogens with zero attached hydrogens (tertiary/aromatic N) is 2. The molecule has 220 valence electrons. The first-order valence-electron chi connectivity index (χ1n) is 12.7. The van der Waals surface area contributed by atoms with Crippen LogP contribution in [0.15, 0.2) is 60.2 Å². The summed E-state index contributed by atoms with van der Waals surface area (Å²) in [6.45, 7) is 3.31. The van der Waals surface area contributed by atoms with Gasteiger partial charge in [-0.2, -0.15) is 0 Å². The zero-order chi connectivity index (χ0) is 30.5. The molecule has 5 aliphatic rings. The van der Waals surface area contributed by atoms with Crippen molar-refractivity contribution in [3.8, 4) is 11.5 Å². The van der Waals surface area contributed by atoms with Crippen LogP contribution in [0, 0.1) is 35.0 Å². The monoisotopic (exact) mass is 594 g/mol. The quantitative estimate of drug-likeness (QED) is 0.282. The second-order valence-corrected chi connectivity index (χ2v) is 10.9. The number of alkyl halides is 6. The summed E-state index contributed by atoms with van der Waals surface area (Å²) in [5.41, 5.74) is -0.621. The maximum atomic E-state index is 13.8. The van der Waals surface area contributed by atoms with E-state index in [1.165, 1.54) is 0 Å². The molecule has 3 aliphatic carbocycles. The van der Waals surface area contributed by atoms with Crippen molar-refractivity contribution in [3.05, 3.63) is 60.2 Å². The van der Waals surface area contributed by atoms with E-state index in [0.717, 1.165) is 58.3 Å². The molecule has 8 nitrogen and oxygen atoms in total. The van der Waals surface area contributed by atoms with Gasteiger partial charge in [-0.15, -0.1) is 26.3 Å². The Hall–Kier alpha value is -4.36. The van der Waals surface area contributed by atoms with Gasteiger partial charge < -0.3 is 9.47 Å². The Morgan fingerprint density at radius 3 is 1.31 bits per heavy atom. The fraction of sp³-hybridized carbons (Fsp3) is 0.357. The SMILES string of the molecule is CC1=CC2(C)[C@@H]3C(=O)N(c4ccc(OC(F)(F)F)cc4)C(=O)[C@H]3C1[C@H]1C(=O)N(c3ccc(OC(F)(F)F)cc3)C(=O)[C@@H]12. The highest BCUT2D eigenvalue weighted by Crippen LogP contribution is 2.66. The summed E-state index contributed by atoms with van der Waals surface area (Å²) in [7, 11) is 0. The van der Waals surface area contributed by atoms with Crippen LogP contribution in [0.4, 0.5) is 37.7 Å². The summed E-state index contributed by atoms with van der Waals surface area (Å²) in [6, 6.07) is 8.44. The van der Waals surface area contributed by atoms with Crippen LogP contribution in [-0.2, 0) is 19.2 Å². The number of carbonyl (C=O) groups excluding carboxylic acids is 4. The van der Waals surface area contributed by atoms with E-state index in [9.17, 15) is 45.5 Å². The van der Waals surface area contributed by atoms with E-state index < -0.39 is 82.9 Å². The summed E-state index contributed by atoms with van der Waals surface area (Å²) < 4.78 is 83.2. The minimum absolute atomic E-state index is 0.0141. The number of amides is 4. The Balaban J connectivity index is 1.33. The molecule has 14 heteroatoms. The zero-order valence-electron chi connectivity index (χ0n) is 21.7. The molecule has 3 fully saturated rings. The number of rotatable bonds is 4. The smallest absolute Gasteiger partial charge is 0.406 e. The standard InChI is InChI=1S/C28H20F6N2O6/c1-12-11-26(2)20-18(22(37)35(24(20)39)13-3-7-15(8-4-13)41-27(29,30)31)17(12)19-21(26)25(40)36(23(19)38)14-5-9-16(10-6-14)42-28(32,33)34/h3-11,17-21H,1-2H3/t17?,18-,19+,20-,21+,26?. The number of hydrogen-bond acceptors (Lipinski definition) is 6. The first kappa shape index (κ1) is 27.8. The summed E-state index contributed by atoms with van der Waals surface area (Å²) >= 11 is 0. The molecule has 42 heavy (non-hydrogen) atoms. The molecule has 2 heterocycles. The fourth-order valence-corrected chi connectivity index (χ4v) is 7.27. The van der Waals surface area contributed by atoms with Crippen LogP contribution in [0.2, 0.25) is 0 Å². The molecule has 0 N–H and O–H groups in total. The van der Waals surface area contributed by atoms with Crippen molar-refractivity contribution < 1.29 is 55.0 Å². The maximum Gasteiger partial charge on any atom is 0.573 e. The third-order valence-corrected chi connectivity index (χ3v) is 8.54. The fourth-order valence-electron chi connectivity index (χ4n) is 7.27. The number of ether oxygens (including phenoxy) is 2. The lowest BCUT2D eigenvalue weighted by Crippen LogP contribution is -2.57. The van der Waals surface area contributed by atoms with Crippen LogP contribution >= 0.6 is 0 Å². The Labute approximate surface area is 233 Å². The molecule has 0 aromatic heterocycles. The van der Waals surface area contributed by atoms with Crippen LogP contribution < -0.4 is 19.3 Å². The van der Waals surface area contributed by atoms with Gasteiger partial charge in [0.15, 0.2) is 0 Å². The molecule has 2 aromatic rings. The number of carbonyl (C=O) groups is 4. The van der Waals surface area contributed by atoms with Gasteiger partial charge in [0.2, 0.25) is 23.6 Å². The molecule has 2 aliphatic heterocycles. The predicted octanol–water partition coefficient (Wildman–Crippen LogP) is 4.99. The minimum atomic E-state index is -4.93. The summed E-state index contributed by atoms with van der Waals surface area (Å²) in [5.74, 6) is -8.63. The second-order valence-electron chi connectivity index (χ2n) is 10.9. The highest BCUT2D eigenvalue weighted by molar-refractivity contribution is 6.26. The summed E-state index contributed by atoms with van der Waals surface area (Å²) in [5, 5.41) is 0.